The van der Waals surface area contributed by atoms with E-state index in [0.717, 1.165) is 19.4 Å². The van der Waals surface area contributed by atoms with E-state index in [1.807, 2.05) is 0 Å². The summed E-state index contributed by atoms with van der Waals surface area (Å²) in [6.45, 7) is 0.756. The second kappa shape index (κ2) is 3.86. The van der Waals surface area contributed by atoms with E-state index in [-0.39, 0.29) is 0 Å². The van der Waals surface area contributed by atoms with Gasteiger partial charge in [-0.05, 0) is 43.2 Å². The zero-order valence-electron chi connectivity index (χ0n) is 9.58. The lowest BCUT2D eigenvalue weighted by Crippen LogP contribution is -2.46. The van der Waals surface area contributed by atoms with Gasteiger partial charge in [0.1, 0.15) is 0 Å². The number of rotatable bonds is 3. The molecule has 0 bridgehead atoms. The largest absolute Gasteiger partial charge is 0.389 e. The fourth-order valence-electron chi connectivity index (χ4n) is 2.84. The zero-order valence-corrected chi connectivity index (χ0v) is 9.58. The topological polar surface area (TPSA) is 32.3 Å². The summed E-state index contributed by atoms with van der Waals surface area (Å²) in [6, 6.07) is 9.11. The molecule has 0 spiro atoms. The number of benzene rings is 1. The van der Waals surface area contributed by atoms with Gasteiger partial charge in [-0.1, -0.05) is 24.3 Å². The second-order valence-electron chi connectivity index (χ2n) is 5.25. The summed E-state index contributed by atoms with van der Waals surface area (Å²) in [6.07, 6.45) is 5.46. The predicted octanol–water partition coefficient (Wildman–Crippen LogP) is 2.18. The van der Waals surface area contributed by atoms with Crippen molar-refractivity contribution in [3.8, 4) is 0 Å². The monoisotopic (exact) mass is 217 g/mol. The van der Waals surface area contributed by atoms with E-state index in [4.69, 9.17) is 0 Å². The van der Waals surface area contributed by atoms with Gasteiger partial charge in [-0.2, -0.15) is 0 Å². The molecule has 1 aromatic rings. The van der Waals surface area contributed by atoms with E-state index in [1.165, 1.54) is 30.4 Å². The molecular formula is C14H19NO. The first kappa shape index (κ1) is 10.3. The van der Waals surface area contributed by atoms with Crippen LogP contribution in [0.3, 0.4) is 0 Å². The van der Waals surface area contributed by atoms with E-state index in [0.29, 0.717) is 6.04 Å². The van der Waals surface area contributed by atoms with Gasteiger partial charge in [-0.15, -0.1) is 0 Å². The summed E-state index contributed by atoms with van der Waals surface area (Å²) < 4.78 is 0. The highest BCUT2D eigenvalue weighted by Gasteiger charge is 2.35. The summed E-state index contributed by atoms with van der Waals surface area (Å²) in [5.41, 5.74) is 2.50. The van der Waals surface area contributed by atoms with Gasteiger partial charge in [0.2, 0.25) is 0 Å². The van der Waals surface area contributed by atoms with Crippen LogP contribution >= 0.6 is 0 Å². The number of aliphatic hydroxyl groups is 1. The van der Waals surface area contributed by atoms with Crippen molar-refractivity contribution in [3.05, 3.63) is 35.4 Å². The maximum absolute atomic E-state index is 10.1. The van der Waals surface area contributed by atoms with E-state index < -0.39 is 5.60 Å². The van der Waals surface area contributed by atoms with E-state index in [1.54, 1.807) is 0 Å². The summed E-state index contributed by atoms with van der Waals surface area (Å²) in [5.74, 6) is 0. The Kier molecular flexibility index (Phi) is 2.49. The lowest BCUT2D eigenvalue weighted by atomic mass is 9.80. The number of fused-ring (bicyclic) bond motifs is 1. The highest BCUT2D eigenvalue weighted by molar-refractivity contribution is 5.34. The van der Waals surface area contributed by atoms with Crippen molar-refractivity contribution in [3.63, 3.8) is 0 Å². The molecular weight excluding hydrogens is 198 g/mol. The van der Waals surface area contributed by atoms with Crippen molar-refractivity contribution in [1.29, 1.82) is 0 Å². The third kappa shape index (κ3) is 1.76. The van der Waals surface area contributed by atoms with Gasteiger partial charge in [0.15, 0.2) is 0 Å². The van der Waals surface area contributed by atoms with Crippen LogP contribution in [-0.2, 0) is 6.42 Å². The lowest BCUT2D eigenvalue weighted by Gasteiger charge is -2.37. The molecule has 2 nitrogen and oxygen atoms in total. The Bertz CT molecular complexity index is 384. The van der Waals surface area contributed by atoms with Gasteiger partial charge < -0.3 is 10.4 Å². The van der Waals surface area contributed by atoms with Crippen molar-refractivity contribution in [1.82, 2.24) is 5.32 Å². The summed E-state index contributed by atoms with van der Waals surface area (Å²) >= 11 is 0. The van der Waals surface area contributed by atoms with Crippen LogP contribution in [0.4, 0.5) is 0 Å². The number of hydrogen-bond acceptors (Lipinski definition) is 2. The molecule has 2 N–H and O–H groups in total. The van der Waals surface area contributed by atoms with Crippen LogP contribution in [0.1, 0.15) is 42.9 Å². The first-order chi connectivity index (χ1) is 7.77. The maximum atomic E-state index is 10.1. The highest BCUT2D eigenvalue weighted by atomic mass is 16.3. The van der Waals surface area contributed by atoms with Gasteiger partial charge in [0.25, 0.3) is 0 Å². The zero-order chi connectivity index (χ0) is 11.0. The van der Waals surface area contributed by atoms with E-state index in [2.05, 4.69) is 29.6 Å². The minimum absolute atomic E-state index is 0.405. The minimum atomic E-state index is -0.405. The van der Waals surface area contributed by atoms with Gasteiger partial charge in [0, 0.05) is 12.6 Å². The van der Waals surface area contributed by atoms with Crippen molar-refractivity contribution in [2.24, 2.45) is 0 Å². The Labute approximate surface area is 96.7 Å². The van der Waals surface area contributed by atoms with Crippen molar-refractivity contribution < 1.29 is 5.11 Å². The summed E-state index contributed by atoms with van der Waals surface area (Å²) in [7, 11) is 0. The average molecular weight is 217 g/mol. The smallest absolute Gasteiger partial charge is 0.0771 e. The van der Waals surface area contributed by atoms with Crippen LogP contribution in [-0.4, -0.2) is 17.3 Å². The Hall–Kier alpha value is -0.860. The number of aryl methyl sites for hydroxylation is 1. The lowest BCUT2D eigenvalue weighted by molar-refractivity contribution is -0.0332. The number of nitrogens with one attached hydrogen (secondary N) is 1. The highest BCUT2D eigenvalue weighted by Crippen LogP contribution is 2.34. The Morgan fingerprint density at radius 3 is 2.88 bits per heavy atom. The molecule has 0 heterocycles. The Morgan fingerprint density at radius 2 is 2.12 bits per heavy atom. The second-order valence-corrected chi connectivity index (χ2v) is 5.25. The van der Waals surface area contributed by atoms with Crippen LogP contribution in [0.15, 0.2) is 24.3 Å². The van der Waals surface area contributed by atoms with Gasteiger partial charge >= 0.3 is 0 Å². The van der Waals surface area contributed by atoms with Crippen LogP contribution in [0, 0.1) is 0 Å². The first-order valence-electron chi connectivity index (χ1n) is 6.30. The molecule has 1 saturated carbocycles. The molecule has 1 atom stereocenters. The molecule has 2 heteroatoms. The average Bonchev–Trinajstić information content (AvgIpc) is 2.67. The molecule has 3 rings (SSSR count). The molecule has 1 aromatic carbocycles. The van der Waals surface area contributed by atoms with Crippen molar-refractivity contribution in [2.45, 2.75) is 43.7 Å². The third-order valence-electron chi connectivity index (χ3n) is 4.09. The van der Waals surface area contributed by atoms with Crippen molar-refractivity contribution in [2.75, 3.05) is 6.54 Å². The molecule has 1 fully saturated rings. The molecule has 1 unspecified atom stereocenters. The van der Waals surface area contributed by atoms with Gasteiger partial charge in [0.05, 0.1) is 5.60 Å². The van der Waals surface area contributed by atoms with Crippen LogP contribution in [0.25, 0.3) is 0 Å². The molecule has 2 aliphatic carbocycles. The molecule has 0 radical (unpaired) electrons. The van der Waals surface area contributed by atoms with E-state index >= 15 is 0 Å². The fourth-order valence-corrected chi connectivity index (χ4v) is 2.84. The quantitative estimate of drug-likeness (QED) is 0.813. The molecule has 0 saturated heterocycles. The molecule has 86 valence electrons. The maximum Gasteiger partial charge on any atom is 0.0771 e. The van der Waals surface area contributed by atoms with Gasteiger partial charge in [-0.25, -0.2) is 0 Å². The standard InChI is InChI=1S/C14H19NO/c16-14(8-3-9-14)10-15-13-7-6-11-4-1-2-5-12(11)13/h1-2,4-5,13,15-16H,3,6-10H2. The predicted molar refractivity (Wildman–Crippen MR) is 64.3 cm³/mol. The Balaban J connectivity index is 1.65. The summed E-state index contributed by atoms with van der Waals surface area (Å²) in [4.78, 5) is 0. The third-order valence-corrected chi connectivity index (χ3v) is 4.09. The van der Waals surface area contributed by atoms with E-state index in [9.17, 15) is 5.11 Å². The molecule has 2 aliphatic rings. The molecule has 0 aromatic heterocycles. The number of hydrogen-bond donors (Lipinski definition) is 2. The molecule has 16 heavy (non-hydrogen) atoms. The molecule has 0 amide bonds. The SMILES string of the molecule is OC1(CNC2CCc3ccccc32)CCC1. The normalized spacial score (nSPS) is 26.2. The van der Waals surface area contributed by atoms with Gasteiger partial charge in [-0.3, -0.25) is 0 Å². The minimum Gasteiger partial charge on any atom is -0.389 e. The Morgan fingerprint density at radius 1 is 1.31 bits per heavy atom. The van der Waals surface area contributed by atoms with Crippen LogP contribution in [0.2, 0.25) is 0 Å². The van der Waals surface area contributed by atoms with Crippen molar-refractivity contribution >= 4 is 0 Å². The molecule has 0 aliphatic heterocycles. The first-order valence-corrected chi connectivity index (χ1v) is 6.30. The van der Waals surface area contributed by atoms with Crippen LogP contribution < -0.4 is 5.32 Å². The summed E-state index contributed by atoms with van der Waals surface area (Å²) in [5, 5.41) is 13.6. The van der Waals surface area contributed by atoms with Crippen LogP contribution in [0.5, 0.6) is 0 Å². The fraction of sp³-hybridized carbons (Fsp3) is 0.571.